The number of fused-ring (bicyclic) bond motifs is 2. The number of nitrogens with zero attached hydrogens (tertiary/aromatic N) is 4. The lowest BCUT2D eigenvalue weighted by Crippen LogP contribution is -2.48. The van der Waals surface area contributed by atoms with Crippen LogP contribution < -0.4 is 20.3 Å². The number of benzene rings is 2. The minimum absolute atomic E-state index is 0.0152. The third-order valence-corrected chi connectivity index (χ3v) is 7.68. The maximum Gasteiger partial charge on any atom is 0.326 e. The van der Waals surface area contributed by atoms with Crippen molar-refractivity contribution in [1.82, 2.24) is 19.6 Å². The average molecular weight is 494 g/mol. The summed E-state index contributed by atoms with van der Waals surface area (Å²) in [7, 11) is -0.211. The largest absolute Gasteiger partial charge is 0.385 e. The number of rotatable bonds is 6. The molecule has 0 saturated heterocycles. The van der Waals surface area contributed by atoms with E-state index in [2.05, 4.69) is 31.4 Å². The van der Waals surface area contributed by atoms with Crippen molar-refractivity contribution in [3.05, 3.63) is 71.4 Å². The molecule has 2 aromatic carbocycles. The number of hydrogen-bond donors (Lipinski definition) is 3. The molecule has 1 unspecified atom stereocenters. The van der Waals surface area contributed by atoms with E-state index < -0.39 is 10.0 Å². The molecule has 1 aromatic heterocycles. The Morgan fingerprint density at radius 2 is 1.91 bits per heavy atom. The zero-order valence-corrected chi connectivity index (χ0v) is 20.3. The van der Waals surface area contributed by atoms with Crippen LogP contribution in [0.2, 0.25) is 0 Å². The van der Waals surface area contributed by atoms with E-state index in [-0.39, 0.29) is 17.8 Å². The van der Waals surface area contributed by atoms with Gasteiger partial charge < -0.3 is 15.5 Å². The standard InChI is InChI=1S/C24H27N7O3S/c1-25-35(33,34)15-16-7-9-18(10-8-16)28-23-27-13-17-14-31(24(32)30(2)22(17)29-23)21-11-12-26-20-6-4-3-5-19(20)21/h3-10,13,21,25-26H,11-12,14-15H2,1-2H3,(H,27,28,29). The summed E-state index contributed by atoms with van der Waals surface area (Å²) in [5, 5.41) is 6.54. The average Bonchev–Trinajstić information content (AvgIpc) is 2.87. The molecule has 1 atom stereocenters. The van der Waals surface area contributed by atoms with Gasteiger partial charge in [0.25, 0.3) is 0 Å². The molecule has 0 spiro atoms. The number of aromatic nitrogens is 2. The number of hydrogen-bond acceptors (Lipinski definition) is 7. The molecule has 5 rings (SSSR count). The van der Waals surface area contributed by atoms with Crippen LogP contribution in [0, 0.1) is 0 Å². The Balaban J connectivity index is 1.34. The quantitative estimate of drug-likeness (QED) is 0.482. The second-order valence-corrected chi connectivity index (χ2v) is 10.5. The molecule has 0 bridgehead atoms. The molecule has 35 heavy (non-hydrogen) atoms. The lowest BCUT2D eigenvalue weighted by Gasteiger charge is -2.41. The normalized spacial score (nSPS) is 17.4. The highest BCUT2D eigenvalue weighted by Gasteiger charge is 2.36. The first-order valence-corrected chi connectivity index (χ1v) is 13.0. The first-order chi connectivity index (χ1) is 16.8. The smallest absolute Gasteiger partial charge is 0.326 e. The fourth-order valence-electron chi connectivity index (χ4n) is 4.51. The third-order valence-electron chi connectivity index (χ3n) is 6.34. The number of sulfonamides is 1. The van der Waals surface area contributed by atoms with E-state index in [9.17, 15) is 13.2 Å². The lowest BCUT2D eigenvalue weighted by atomic mass is 9.95. The summed E-state index contributed by atoms with van der Waals surface area (Å²) in [6, 6.07) is 15.0. The molecule has 3 aromatic rings. The van der Waals surface area contributed by atoms with Crippen LogP contribution in [0.25, 0.3) is 0 Å². The number of urea groups is 1. The molecule has 0 aliphatic carbocycles. The maximum absolute atomic E-state index is 13.3. The molecule has 10 nitrogen and oxygen atoms in total. The van der Waals surface area contributed by atoms with Crippen molar-refractivity contribution in [2.75, 3.05) is 36.2 Å². The minimum Gasteiger partial charge on any atom is -0.385 e. The fraction of sp³-hybridized carbons (Fsp3) is 0.292. The molecule has 182 valence electrons. The molecule has 2 aliphatic heterocycles. The fourth-order valence-corrected chi connectivity index (χ4v) is 5.29. The first-order valence-electron chi connectivity index (χ1n) is 11.3. The molecule has 11 heteroatoms. The van der Waals surface area contributed by atoms with Crippen molar-refractivity contribution in [1.29, 1.82) is 0 Å². The van der Waals surface area contributed by atoms with Gasteiger partial charge in [-0.2, -0.15) is 4.98 Å². The van der Waals surface area contributed by atoms with E-state index in [4.69, 9.17) is 0 Å². The molecule has 0 saturated carbocycles. The van der Waals surface area contributed by atoms with Gasteiger partial charge in [0, 0.05) is 36.7 Å². The maximum atomic E-state index is 13.3. The molecular formula is C24H27N7O3S. The van der Waals surface area contributed by atoms with Gasteiger partial charge in [0.15, 0.2) is 0 Å². The number of carbonyl (C=O) groups is 1. The van der Waals surface area contributed by atoms with Crippen LogP contribution >= 0.6 is 0 Å². The van der Waals surface area contributed by atoms with Gasteiger partial charge in [-0.1, -0.05) is 30.3 Å². The Morgan fingerprint density at radius 3 is 2.69 bits per heavy atom. The Bertz CT molecular complexity index is 1360. The van der Waals surface area contributed by atoms with Crippen molar-refractivity contribution in [3.8, 4) is 0 Å². The van der Waals surface area contributed by atoms with Crippen molar-refractivity contribution < 1.29 is 13.2 Å². The Morgan fingerprint density at radius 1 is 1.14 bits per heavy atom. The molecule has 2 amide bonds. The van der Waals surface area contributed by atoms with Crippen molar-refractivity contribution in [2.24, 2.45) is 0 Å². The van der Waals surface area contributed by atoms with Crippen LogP contribution in [0.1, 0.15) is 29.2 Å². The SMILES string of the molecule is CNS(=O)(=O)Cc1ccc(Nc2ncc3c(n2)N(C)C(=O)N(C2CCNc4ccccc42)C3)cc1. The number of para-hydroxylation sites is 1. The first kappa shape index (κ1) is 23.1. The molecule has 3 N–H and O–H groups in total. The van der Waals surface area contributed by atoms with Crippen LogP contribution in [0.4, 0.5) is 27.9 Å². The van der Waals surface area contributed by atoms with Crippen LogP contribution in [0.3, 0.4) is 0 Å². The van der Waals surface area contributed by atoms with Crippen molar-refractivity contribution in [2.45, 2.75) is 24.8 Å². The predicted octanol–water partition coefficient (Wildman–Crippen LogP) is 3.20. The van der Waals surface area contributed by atoms with Gasteiger partial charge in [-0.3, -0.25) is 4.90 Å². The third kappa shape index (κ3) is 4.64. The monoisotopic (exact) mass is 493 g/mol. The molecule has 0 fully saturated rings. The van der Waals surface area contributed by atoms with Crippen LogP contribution in [0.5, 0.6) is 0 Å². The Hall–Kier alpha value is -3.70. The van der Waals surface area contributed by atoms with Gasteiger partial charge in [-0.15, -0.1) is 0 Å². The number of amides is 2. The van der Waals surface area contributed by atoms with Gasteiger partial charge in [0.1, 0.15) is 5.82 Å². The van der Waals surface area contributed by atoms with Crippen LogP contribution in [-0.2, 0) is 22.3 Å². The summed E-state index contributed by atoms with van der Waals surface area (Å²) in [4.78, 5) is 25.9. The highest BCUT2D eigenvalue weighted by molar-refractivity contribution is 7.88. The summed E-state index contributed by atoms with van der Waals surface area (Å²) in [6.07, 6.45) is 2.58. The van der Waals surface area contributed by atoms with E-state index in [0.717, 1.165) is 29.8 Å². The summed E-state index contributed by atoms with van der Waals surface area (Å²) < 4.78 is 25.8. The molecule has 3 heterocycles. The highest BCUT2D eigenvalue weighted by Crippen LogP contribution is 2.38. The van der Waals surface area contributed by atoms with Crippen molar-refractivity contribution >= 4 is 39.2 Å². The van der Waals surface area contributed by atoms with E-state index in [0.29, 0.717) is 29.6 Å². The van der Waals surface area contributed by atoms with Crippen LogP contribution in [-0.4, -0.2) is 50.0 Å². The van der Waals surface area contributed by atoms with E-state index >= 15 is 0 Å². The van der Waals surface area contributed by atoms with Gasteiger partial charge in [-0.05, 0) is 42.8 Å². The number of anilines is 4. The summed E-state index contributed by atoms with van der Waals surface area (Å²) in [5.74, 6) is 0.840. The second-order valence-electron chi connectivity index (χ2n) is 8.62. The topological polar surface area (TPSA) is 120 Å². The Labute approximate surface area is 204 Å². The van der Waals surface area contributed by atoms with Gasteiger partial charge >= 0.3 is 6.03 Å². The second kappa shape index (κ2) is 9.16. The highest BCUT2D eigenvalue weighted by atomic mass is 32.2. The van der Waals surface area contributed by atoms with Gasteiger partial charge in [0.2, 0.25) is 16.0 Å². The van der Waals surface area contributed by atoms with E-state index in [1.165, 1.54) is 7.05 Å². The van der Waals surface area contributed by atoms with Gasteiger partial charge in [0.05, 0.1) is 18.3 Å². The number of nitrogens with one attached hydrogen (secondary N) is 3. The summed E-state index contributed by atoms with van der Waals surface area (Å²) in [5.41, 5.74) is 4.44. The molecular weight excluding hydrogens is 466 g/mol. The molecule has 2 aliphatic rings. The van der Waals surface area contributed by atoms with E-state index in [1.54, 1.807) is 42.4 Å². The summed E-state index contributed by atoms with van der Waals surface area (Å²) >= 11 is 0. The Kier molecular flexibility index (Phi) is 6.03. The lowest BCUT2D eigenvalue weighted by molar-refractivity contribution is 0.170. The minimum atomic E-state index is -3.34. The zero-order chi connectivity index (χ0) is 24.6. The van der Waals surface area contributed by atoms with E-state index in [1.807, 2.05) is 23.1 Å². The molecule has 0 radical (unpaired) electrons. The number of carbonyl (C=O) groups excluding carboxylic acids is 1. The van der Waals surface area contributed by atoms with Crippen LogP contribution in [0.15, 0.2) is 54.7 Å². The van der Waals surface area contributed by atoms with Gasteiger partial charge in [-0.25, -0.2) is 22.9 Å². The zero-order valence-electron chi connectivity index (χ0n) is 19.5. The van der Waals surface area contributed by atoms with Crippen molar-refractivity contribution in [3.63, 3.8) is 0 Å². The predicted molar refractivity (Wildman–Crippen MR) is 135 cm³/mol. The summed E-state index contributed by atoms with van der Waals surface area (Å²) in [6.45, 7) is 1.24.